The number of para-hydroxylation sites is 1. The molecular formula is C19H16Cl2N2O2. The number of carbonyl (C=O) groups excluding carboxylic acids is 1. The van der Waals surface area contributed by atoms with Crippen LogP contribution >= 0.6 is 23.2 Å². The van der Waals surface area contributed by atoms with Gasteiger partial charge in [0, 0.05) is 6.07 Å². The van der Waals surface area contributed by atoms with E-state index in [0.29, 0.717) is 27.2 Å². The Kier molecular flexibility index (Phi) is 5.11. The van der Waals surface area contributed by atoms with E-state index in [1.54, 1.807) is 36.4 Å². The fourth-order valence-electron chi connectivity index (χ4n) is 2.31. The maximum Gasteiger partial charge on any atom is 0.346 e. The van der Waals surface area contributed by atoms with Crippen molar-refractivity contribution < 1.29 is 9.53 Å². The molecule has 25 heavy (non-hydrogen) atoms. The number of aromatic nitrogens is 2. The van der Waals surface area contributed by atoms with Gasteiger partial charge < -0.3 is 4.74 Å². The molecule has 0 aliphatic rings. The van der Waals surface area contributed by atoms with Gasteiger partial charge in [-0.3, -0.25) is 0 Å². The molecule has 2 aromatic carbocycles. The summed E-state index contributed by atoms with van der Waals surface area (Å²) in [6.45, 7) is 4.03. The minimum absolute atomic E-state index is 0.168. The second-order valence-corrected chi connectivity index (χ2v) is 6.61. The topological polar surface area (TPSA) is 44.1 Å². The van der Waals surface area contributed by atoms with E-state index in [9.17, 15) is 4.79 Å². The predicted molar refractivity (Wildman–Crippen MR) is 99.1 cm³/mol. The number of benzene rings is 2. The Morgan fingerprint density at radius 1 is 1.04 bits per heavy atom. The molecule has 3 aromatic rings. The highest BCUT2D eigenvalue weighted by Gasteiger charge is 2.19. The number of carbonyl (C=O) groups is 1. The molecule has 0 unspecified atom stereocenters. The van der Waals surface area contributed by atoms with Crippen molar-refractivity contribution in [1.29, 1.82) is 0 Å². The molecule has 4 nitrogen and oxygen atoms in total. The number of hydrogen-bond donors (Lipinski definition) is 0. The third kappa shape index (κ3) is 3.70. The predicted octanol–water partition coefficient (Wildman–Crippen LogP) is 5.52. The van der Waals surface area contributed by atoms with Crippen molar-refractivity contribution in [3.8, 4) is 11.6 Å². The van der Waals surface area contributed by atoms with Gasteiger partial charge in [-0.2, -0.15) is 9.78 Å². The molecule has 6 heteroatoms. The summed E-state index contributed by atoms with van der Waals surface area (Å²) >= 11 is 12.4. The monoisotopic (exact) mass is 374 g/mol. The van der Waals surface area contributed by atoms with Crippen molar-refractivity contribution >= 4 is 29.2 Å². The van der Waals surface area contributed by atoms with Gasteiger partial charge in [-0.15, -0.1) is 0 Å². The summed E-state index contributed by atoms with van der Waals surface area (Å²) in [4.78, 5) is 12.5. The fraction of sp³-hybridized carbons (Fsp3) is 0.158. The summed E-state index contributed by atoms with van der Waals surface area (Å²) in [5.74, 6) is -0.0858. The van der Waals surface area contributed by atoms with Crippen LogP contribution in [0.3, 0.4) is 0 Å². The van der Waals surface area contributed by atoms with Crippen LogP contribution in [0.15, 0.2) is 54.6 Å². The molecule has 0 aliphatic carbocycles. The smallest absolute Gasteiger partial charge is 0.346 e. The molecule has 0 fully saturated rings. The lowest BCUT2D eigenvalue weighted by atomic mass is 10.1. The zero-order valence-corrected chi connectivity index (χ0v) is 15.3. The third-order valence-electron chi connectivity index (χ3n) is 3.66. The maximum atomic E-state index is 12.5. The lowest BCUT2D eigenvalue weighted by molar-refractivity contribution is 0.0723. The fourth-order valence-corrected chi connectivity index (χ4v) is 2.74. The zero-order valence-electron chi connectivity index (χ0n) is 13.7. The van der Waals surface area contributed by atoms with Crippen LogP contribution in [-0.2, 0) is 0 Å². The molecule has 0 saturated heterocycles. The van der Waals surface area contributed by atoms with Gasteiger partial charge >= 0.3 is 5.97 Å². The van der Waals surface area contributed by atoms with Crippen molar-refractivity contribution in [1.82, 2.24) is 9.78 Å². The number of hydrogen-bond acceptors (Lipinski definition) is 3. The van der Waals surface area contributed by atoms with Crippen LogP contribution in [0.2, 0.25) is 10.0 Å². The summed E-state index contributed by atoms with van der Waals surface area (Å²) < 4.78 is 7.11. The Morgan fingerprint density at radius 3 is 2.32 bits per heavy atom. The first kappa shape index (κ1) is 17.5. The standard InChI is InChI=1S/C19H16Cl2N2O2/c1-12(2)16-11-18(23(22-16)17-10-6-5-9-15(17)21)25-19(24)13-7-3-4-8-14(13)20/h3-12H,1-2H3. The minimum atomic E-state index is -0.547. The zero-order chi connectivity index (χ0) is 18.0. The van der Waals surface area contributed by atoms with Crippen molar-refractivity contribution in [2.75, 3.05) is 0 Å². The van der Waals surface area contributed by atoms with E-state index < -0.39 is 5.97 Å². The number of halogens is 2. The normalized spacial score (nSPS) is 10.9. The van der Waals surface area contributed by atoms with Crippen LogP contribution in [-0.4, -0.2) is 15.7 Å². The average molecular weight is 375 g/mol. The molecule has 0 saturated carbocycles. The average Bonchev–Trinajstić information content (AvgIpc) is 2.99. The molecule has 128 valence electrons. The van der Waals surface area contributed by atoms with Gasteiger partial charge in [-0.05, 0) is 30.2 Å². The van der Waals surface area contributed by atoms with Crippen LogP contribution in [0.25, 0.3) is 5.69 Å². The lowest BCUT2D eigenvalue weighted by Crippen LogP contribution is -2.12. The second-order valence-electron chi connectivity index (χ2n) is 5.79. The number of ether oxygens (including phenoxy) is 1. The van der Waals surface area contributed by atoms with Crippen molar-refractivity contribution in [2.24, 2.45) is 0 Å². The minimum Gasteiger partial charge on any atom is -0.404 e. The highest BCUT2D eigenvalue weighted by molar-refractivity contribution is 6.33. The molecule has 0 bridgehead atoms. The largest absolute Gasteiger partial charge is 0.404 e. The van der Waals surface area contributed by atoms with Crippen LogP contribution in [0.4, 0.5) is 0 Å². The first-order chi connectivity index (χ1) is 12.0. The van der Waals surface area contributed by atoms with Crippen molar-refractivity contribution in [2.45, 2.75) is 19.8 Å². The Morgan fingerprint density at radius 2 is 1.68 bits per heavy atom. The van der Waals surface area contributed by atoms with Gasteiger partial charge in [-0.25, -0.2) is 4.79 Å². The third-order valence-corrected chi connectivity index (χ3v) is 4.31. The van der Waals surface area contributed by atoms with Crippen LogP contribution < -0.4 is 4.74 Å². The van der Waals surface area contributed by atoms with Gasteiger partial charge in [0.25, 0.3) is 0 Å². The van der Waals surface area contributed by atoms with Crippen LogP contribution in [0.5, 0.6) is 5.88 Å². The van der Waals surface area contributed by atoms with E-state index in [2.05, 4.69) is 5.10 Å². The number of nitrogens with zero attached hydrogens (tertiary/aromatic N) is 2. The van der Waals surface area contributed by atoms with Gasteiger partial charge in [0.2, 0.25) is 5.88 Å². The van der Waals surface area contributed by atoms with Crippen LogP contribution in [0.1, 0.15) is 35.8 Å². The van der Waals surface area contributed by atoms with Crippen LogP contribution in [0, 0.1) is 0 Å². The summed E-state index contributed by atoms with van der Waals surface area (Å²) in [5, 5.41) is 5.38. The van der Waals surface area contributed by atoms with Gasteiger partial charge in [0.05, 0.1) is 27.0 Å². The first-order valence-corrected chi connectivity index (χ1v) is 8.54. The SMILES string of the molecule is CC(C)c1cc(OC(=O)c2ccccc2Cl)n(-c2ccccc2Cl)n1. The quantitative estimate of drug-likeness (QED) is 0.564. The van der Waals surface area contributed by atoms with Gasteiger partial charge in [0.1, 0.15) is 0 Å². The second kappa shape index (κ2) is 7.30. The molecule has 0 aliphatic heterocycles. The maximum absolute atomic E-state index is 12.5. The summed E-state index contributed by atoms with van der Waals surface area (Å²) in [6, 6.07) is 15.7. The number of rotatable bonds is 4. The molecule has 0 amide bonds. The van der Waals surface area contributed by atoms with E-state index >= 15 is 0 Å². The van der Waals surface area contributed by atoms with Crippen molar-refractivity contribution in [3.05, 3.63) is 75.9 Å². The highest BCUT2D eigenvalue weighted by Crippen LogP contribution is 2.29. The van der Waals surface area contributed by atoms with E-state index in [-0.39, 0.29) is 5.92 Å². The molecular weight excluding hydrogens is 359 g/mol. The number of esters is 1. The summed E-state index contributed by atoms with van der Waals surface area (Å²) in [7, 11) is 0. The Labute approximate surface area is 155 Å². The molecule has 0 atom stereocenters. The molecule has 1 aromatic heterocycles. The first-order valence-electron chi connectivity index (χ1n) is 7.79. The Balaban J connectivity index is 2.02. The van der Waals surface area contributed by atoms with E-state index in [0.717, 1.165) is 5.69 Å². The molecule has 0 spiro atoms. The molecule has 0 radical (unpaired) electrons. The molecule has 3 rings (SSSR count). The van der Waals surface area contributed by atoms with E-state index in [4.69, 9.17) is 27.9 Å². The van der Waals surface area contributed by atoms with E-state index in [1.807, 2.05) is 32.0 Å². The molecule has 1 heterocycles. The van der Waals surface area contributed by atoms with Gasteiger partial charge in [-0.1, -0.05) is 61.3 Å². The highest BCUT2D eigenvalue weighted by atomic mass is 35.5. The molecule has 0 N–H and O–H groups in total. The van der Waals surface area contributed by atoms with E-state index in [1.165, 1.54) is 4.68 Å². The Hall–Kier alpha value is -2.30. The van der Waals surface area contributed by atoms with Crippen molar-refractivity contribution in [3.63, 3.8) is 0 Å². The summed E-state index contributed by atoms with van der Waals surface area (Å²) in [6.07, 6.45) is 0. The van der Waals surface area contributed by atoms with Gasteiger partial charge in [0.15, 0.2) is 0 Å². The lowest BCUT2D eigenvalue weighted by Gasteiger charge is -2.09. The summed E-state index contributed by atoms with van der Waals surface area (Å²) in [5.41, 5.74) is 1.72. The Bertz CT molecular complexity index is 919.